The van der Waals surface area contributed by atoms with E-state index in [0.717, 1.165) is 12.8 Å². The molecule has 3 aliphatic rings. The van der Waals surface area contributed by atoms with E-state index in [1.54, 1.807) is 4.90 Å². The van der Waals surface area contributed by atoms with Gasteiger partial charge in [0.05, 0.1) is 0 Å². The summed E-state index contributed by atoms with van der Waals surface area (Å²) in [4.78, 5) is 24.6. The van der Waals surface area contributed by atoms with Crippen molar-refractivity contribution in [1.82, 2.24) is 4.90 Å². The third kappa shape index (κ3) is 0.847. The number of amides is 2. The van der Waals surface area contributed by atoms with Crippen molar-refractivity contribution >= 4 is 11.8 Å². The quantitative estimate of drug-likeness (QED) is 0.519. The fraction of sp³-hybridized carbons (Fsp3) is 0.800. The Labute approximate surface area is 77.1 Å². The van der Waals surface area contributed by atoms with Crippen molar-refractivity contribution in [3.05, 3.63) is 0 Å². The topological polar surface area (TPSA) is 37.4 Å². The summed E-state index contributed by atoms with van der Waals surface area (Å²) in [5.41, 5.74) is 0. The fourth-order valence-corrected chi connectivity index (χ4v) is 3.35. The van der Waals surface area contributed by atoms with Crippen LogP contribution in [0.2, 0.25) is 0 Å². The van der Waals surface area contributed by atoms with E-state index in [1.807, 2.05) is 0 Å². The first-order valence-corrected chi connectivity index (χ1v) is 5.12. The number of nitrogens with zero attached hydrogens (tertiary/aromatic N) is 1. The molecule has 70 valence electrons. The van der Waals surface area contributed by atoms with Gasteiger partial charge in [0, 0.05) is 18.9 Å². The Morgan fingerprint density at radius 3 is 2.08 bits per heavy atom. The van der Waals surface area contributed by atoms with Crippen LogP contribution in [0.3, 0.4) is 0 Å². The maximum Gasteiger partial charge on any atom is 0.229 e. The summed E-state index contributed by atoms with van der Waals surface area (Å²) in [5.74, 6) is 1.17. The number of hydrogen-bond acceptors (Lipinski definition) is 2. The van der Waals surface area contributed by atoms with Crippen LogP contribution < -0.4 is 0 Å². The van der Waals surface area contributed by atoms with Crippen molar-refractivity contribution in [3.63, 3.8) is 0 Å². The van der Waals surface area contributed by atoms with Crippen LogP contribution in [0, 0.1) is 11.8 Å². The van der Waals surface area contributed by atoms with E-state index in [0.29, 0.717) is 30.7 Å². The standard InChI is InChI=1S/C10H13NO2/c12-8-4-6-2-1-3-7-5-9(13)11(8)10(6)7/h6-7,10H,1-5H2/t6-,7?,10?/m0/s1. The molecule has 2 heterocycles. The normalized spacial score (nSPS) is 42.8. The van der Waals surface area contributed by atoms with E-state index in [9.17, 15) is 9.59 Å². The van der Waals surface area contributed by atoms with Gasteiger partial charge in [-0.2, -0.15) is 0 Å². The molecule has 2 unspecified atom stereocenters. The number of carbonyl (C=O) groups excluding carboxylic acids is 2. The zero-order valence-electron chi connectivity index (χ0n) is 7.53. The van der Waals surface area contributed by atoms with E-state index in [1.165, 1.54) is 6.42 Å². The molecule has 1 saturated carbocycles. The minimum absolute atomic E-state index is 0.0874. The second-order valence-corrected chi connectivity index (χ2v) is 4.51. The lowest BCUT2D eigenvalue weighted by molar-refractivity contribution is -0.140. The van der Waals surface area contributed by atoms with Crippen LogP contribution in [0.5, 0.6) is 0 Å². The van der Waals surface area contributed by atoms with Gasteiger partial charge in [-0.15, -0.1) is 0 Å². The van der Waals surface area contributed by atoms with E-state index >= 15 is 0 Å². The van der Waals surface area contributed by atoms with Gasteiger partial charge >= 0.3 is 0 Å². The van der Waals surface area contributed by atoms with Gasteiger partial charge in [-0.3, -0.25) is 14.5 Å². The van der Waals surface area contributed by atoms with E-state index in [-0.39, 0.29) is 11.8 Å². The monoisotopic (exact) mass is 179 g/mol. The first kappa shape index (κ1) is 7.54. The summed E-state index contributed by atoms with van der Waals surface area (Å²) < 4.78 is 0. The average molecular weight is 179 g/mol. The Balaban J connectivity index is 2.00. The van der Waals surface area contributed by atoms with Crippen LogP contribution in [0.4, 0.5) is 0 Å². The Kier molecular flexibility index (Phi) is 1.35. The van der Waals surface area contributed by atoms with Gasteiger partial charge in [0.25, 0.3) is 0 Å². The third-order valence-electron chi connectivity index (χ3n) is 3.82. The third-order valence-corrected chi connectivity index (χ3v) is 3.82. The molecule has 0 aromatic rings. The Morgan fingerprint density at radius 2 is 1.54 bits per heavy atom. The highest BCUT2D eigenvalue weighted by Gasteiger charge is 2.53. The largest absolute Gasteiger partial charge is 0.279 e. The highest BCUT2D eigenvalue weighted by atomic mass is 16.2. The van der Waals surface area contributed by atoms with Crippen molar-refractivity contribution < 1.29 is 9.59 Å². The van der Waals surface area contributed by atoms with Crippen molar-refractivity contribution in [3.8, 4) is 0 Å². The first-order valence-electron chi connectivity index (χ1n) is 5.12. The number of hydrogen-bond donors (Lipinski definition) is 0. The van der Waals surface area contributed by atoms with Crippen molar-refractivity contribution in [2.75, 3.05) is 0 Å². The Hall–Kier alpha value is -0.860. The van der Waals surface area contributed by atoms with Gasteiger partial charge in [-0.25, -0.2) is 0 Å². The summed E-state index contributed by atoms with van der Waals surface area (Å²) in [6, 6.07) is 0.300. The second-order valence-electron chi connectivity index (χ2n) is 4.51. The molecule has 3 rings (SSSR count). The molecule has 0 aromatic heterocycles. The molecule has 0 N–H and O–H groups in total. The lowest BCUT2D eigenvalue weighted by Gasteiger charge is -2.29. The van der Waals surface area contributed by atoms with Crippen LogP contribution in [0.15, 0.2) is 0 Å². The zero-order chi connectivity index (χ0) is 9.00. The smallest absolute Gasteiger partial charge is 0.229 e. The Morgan fingerprint density at radius 1 is 1.00 bits per heavy atom. The van der Waals surface area contributed by atoms with Gasteiger partial charge in [-0.1, -0.05) is 6.42 Å². The number of carbonyl (C=O) groups is 2. The molecule has 1 aliphatic carbocycles. The van der Waals surface area contributed by atoms with Crippen LogP contribution in [-0.4, -0.2) is 22.8 Å². The molecule has 2 saturated heterocycles. The molecule has 3 heteroatoms. The molecule has 3 atom stereocenters. The first-order chi connectivity index (χ1) is 6.27. The predicted molar refractivity (Wildman–Crippen MR) is 45.7 cm³/mol. The van der Waals surface area contributed by atoms with Crippen LogP contribution >= 0.6 is 0 Å². The maximum atomic E-state index is 11.5. The highest BCUT2D eigenvalue weighted by Crippen LogP contribution is 2.46. The van der Waals surface area contributed by atoms with Crippen molar-refractivity contribution in [2.45, 2.75) is 38.1 Å². The van der Waals surface area contributed by atoms with Crippen LogP contribution in [-0.2, 0) is 9.59 Å². The summed E-state index contributed by atoms with van der Waals surface area (Å²) >= 11 is 0. The van der Waals surface area contributed by atoms with E-state index in [2.05, 4.69) is 0 Å². The van der Waals surface area contributed by atoms with Gasteiger partial charge in [-0.05, 0) is 24.7 Å². The lowest BCUT2D eigenvalue weighted by Crippen LogP contribution is -2.36. The Bertz CT molecular complexity index is 261. The summed E-state index contributed by atoms with van der Waals surface area (Å²) in [6.07, 6.45) is 4.77. The molecule has 2 amide bonds. The minimum Gasteiger partial charge on any atom is -0.279 e. The molecule has 2 aliphatic heterocycles. The maximum absolute atomic E-state index is 11.5. The summed E-state index contributed by atoms with van der Waals surface area (Å²) in [5, 5.41) is 0. The minimum atomic E-state index is 0.0874. The highest BCUT2D eigenvalue weighted by molar-refractivity contribution is 5.99. The molecule has 3 nitrogen and oxygen atoms in total. The van der Waals surface area contributed by atoms with Crippen molar-refractivity contribution in [1.29, 1.82) is 0 Å². The SMILES string of the molecule is O=C1CC2CCC[C@H]3CC(=O)N1C23. The predicted octanol–water partition coefficient (Wildman–Crippen LogP) is 0.934. The molecule has 0 aromatic carbocycles. The number of imide groups is 1. The number of rotatable bonds is 0. The van der Waals surface area contributed by atoms with Crippen LogP contribution in [0.1, 0.15) is 32.1 Å². The molecule has 0 bridgehead atoms. The van der Waals surface area contributed by atoms with Crippen molar-refractivity contribution in [2.24, 2.45) is 11.8 Å². The molecule has 0 radical (unpaired) electrons. The molecular formula is C10H13NO2. The van der Waals surface area contributed by atoms with E-state index in [4.69, 9.17) is 0 Å². The molecule has 13 heavy (non-hydrogen) atoms. The van der Waals surface area contributed by atoms with Crippen LogP contribution in [0.25, 0.3) is 0 Å². The molecule has 3 fully saturated rings. The average Bonchev–Trinajstić information content (AvgIpc) is 2.57. The summed E-state index contributed by atoms with van der Waals surface area (Å²) in [6.45, 7) is 0. The van der Waals surface area contributed by atoms with Gasteiger partial charge in [0.1, 0.15) is 0 Å². The molecular weight excluding hydrogens is 166 g/mol. The fourth-order valence-electron chi connectivity index (χ4n) is 3.35. The summed E-state index contributed by atoms with van der Waals surface area (Å²) in [7, 11) is 0. The van der Waals surface area contributed by atoms with Gasteiger partial charge < -0.3 is 0 Å². The molecule has 0 spiro atoms. The van der Waals surface area contributed by atoms with Gasteiger partial charge in [0.2, 0.25) is 11.8 Å². The van der Waals surface area contributed by atoms with Gasteiger partial charge in [0.15, 0.2) is 0 Å². The second kappa shape index (κ2) is 2.34. The zero-order valence-corrected chi connectivity index (χ0v) is 7.53. The van der Waals surface area contributed by atoms with E-state index < -0.39 is 0 Å². The lowest BCUT2D eigenvalue weighted by atomic mass is 9.78.